The monoisotopic (exact) mass is 250 g/mol. The molecule has 96 valence electrons. The van der Waals surface area contributed by atoms with Crippen molar-refractivity contribution in [1.29, 1.82) is 0 Å². The maximum absolute atomic E-state index is 11.5. The zero-order valence-corrected chi connectivity index (χ0v) is 9.93. The van der Waals surface area contributed by atoms with Gasteiger partial charge in [0.15, 0.2) is 11.2 Å². The fraction of sp³-hybridized carbons (Fsp3) is 0.400. The average Bonchev–Trinajstić information content (AvgIpc) is 2.70. The van der Waals surface area contributed by atoms with Crippen LogP contribution in [-0.2, 0) is 11.3 Å². The molecule has 8 nitrogen and oxygen atoms in total. The van der Waals surface area contributed by atoms with Crippen LogP contribution in [0, 0.1) is 0 Å². The summed E-state index contributed by atoms with van der Waals surface area (Å²) < 4.78 is 1.64. The van der Waals surface area contributed by atoms with E-state index in [0.717, 1.165) is 0 Å². The molecule has 2 heterocycles. The molecule has 0 aromatic carbocycles. The van der Waals surface area contributed by atoms with Crippen molar-refractivity contribution < 1.29 is 4.79 Å². The van der Waals surface area contributed by atoms with E-state index < -0.39 is 0 Å². The minimum absolute atomic E-state index is 0.0345. The predicted octanol–water partition coefficient (Wildman–Crippen LogP) is -0.772. The van der Waals surface area contributed by atoms with E-state index in [1.165, 1.54) is 6.33 Å². The summed E-state index contributed by atoms with van der Waals surface area (Å²) in [5.74, 6) is -0.0237. The number of aryl methyl sites for hydroxylation is 1. The number of hydrogen-bond donors (Lipinski definition) is 3. The van der Waals surface area contributed by atoms with Gasteiger partial charge in [-0.15, -0.1) is 0 Å². The third-order valence-electron chi connectivity index (χ3n) is 2.45. The zero-order chi connectivity index (χ0) is 13.1. The van der Waals surface area contributed by atoms with E-state index in [2.05, 4.69) is 20.3 Å². The number of anilines is 1. The van der Waals surface area contributed by atoms with Crippen molar-refractivity contribution in [2.45, 2.75) is 19.9 Å². The van der Waals surface area contributed by atoms with Gasteiger partial charge in [0.2, 0.25) is 11.9 Å². The number of H-pyrrole nitrogens is 1. The van der Waals surface area contributed by atoms with Crippen LogP contribution in [0.4, 0.5) is 5.95 Å². The van der Waals surface area contributed by atoms with Gasteiger partial charge in [-0.2, -0.15) is 4.98 Å². The normalized spacial score (nSPS) is 10.7. The molecule has 1 amide bonds. The fourth-order valence-electron chi connectivity index (χ4n) is 1.64. The molecule has 0 radical (unpaired) electrons. The summed E-state index contributed by atoms with van der Waals surface area (Å²) in [6, 6.07) is 0. The highest BCUT2D eigenvalue weighted by molar-refractivity contribution is 5.76. The third-order valence-corrected chi connectivity index (χ3v) is 2.45. The van der Waals surface area contributed by atoms with Crippen LogP contribution < -0.4 is 16.6 Å². The number of amides is 1. The number of carbonyl (C=O) groups excluding carboxylic acids is 1. The number of imidazole rings is 1. The predicted molar refractivity (Wildman–Crippen MR) is 65.9 cm³/mol. The van der Waals surface area contributed by atoms with Gasteiger partial charge in [-0.05, 0) is 6.92 Å². The quantitative estimate of drug-likeness (QED) is 0.658. The summed E-state index contributed by atoms with van der Waals surface area (Å²) in [4.78, 5) is 33.2. The molecule has 4 N–H and O–H groups in total. The second kappa shape index (κ2) is 4.86. The Kier molecular flexibility index (Phi) is 3.26. The van der Waals surface area contributed by atoms with Crippen LogP contribution in [-0.4, -0.2) is 32.0 Å². The van der Waals surface area contributed by atoms with E-state index in [9.17, 15) is 9.59 Å². The van der Waals surface area contributed by atoms with E-state index >= 15 is 0 Å². The highest BCUT2D eigenvalue weighted by Gasteiger charge is 2.10. The molecule has 2 aromatic heterocycles. The number of aromatic amines is 1. The minimum Gasteiger partial charge on any atom is -0.369 e. The molecule has 0 bridgehead atoms. The van der Waals surface area contributed by atoms with Gasteiger partial charge in [0, 0.05) is 19.5 Å². The number of hydrogen-bond acceptors (Lipinski definition) is 5. The van der Waals surface area contributed by atoms with Gasteiger partial charge in [0.1, 0.15) is 0 Å². The first-order valence-corrected chi connectivity index (χ1v) is 5.59. The molecule has 0 aliphatic heterocycles. The Labute approximate surface area is 102 Å². The number of nitrogens with one attached hydrogen (secondary N) is 2. The Hall–Kier alpha value is -2.38. The highest BCUT2D eigenvalue weighted by atomic mass is 16.1. The van der Waals surface area contributed by atoms with Gasteiger partial charge in [0.25, 0.3) is 5.56 Å². The van der Waals surface area contributed by atoms with Gasteiger partial charge in [-0.3, -0.25) is 14.6 Å². The van der Waals surface area contributed by atoms with Crippen molar-refractivity contribution >= 4 is 23.0 Å². The zero-order valence-electron chi connectivity index (χ0n) is 9.93. The molecule has 8 heteroatoms. The maximum Gasteiger partial charge on any atom is 0.280 e. The lowest BCUT2D eigenvalue weighted by Crippen LogP contribution is -2.23. The highest BCUT2D eigenvalue weighted by Crippen LogP contribution is 2.06. The Morgan fingerprint density at radius 2 is 2.39 bits per heavy atom. The van der Waals surface area contributed by atoms with E-state index in [-0.39, 0.29) is 22.9 Å². The average molecular weight is 250 g/mol. The number of fused-ring (bicyclic) bond motifs is 1. The van der Waals surface area contributed by atoms with Crippen molar-refractivity contribution in [2.75, 3.05) is 12.3 Å². The Balaban J connectivity index is 2.24. The van der Waals surface area contributed by atoms with E-state index in [4.69, 9.17) is 5.73 Å². The smallest absolute Gasteiger partial charge is 0.280 e. The molecule has 0 unspecified atom stereocenters. The standard InChI is InChI=1S/C10H14N6O2/c1-2-12-6(17)3-4-16-5-13-7-8(16)14-10(11)15-9(7)18/h5H,2-4H2,1H3,(H,12,17)(H3,11,14,15,18). The minimum atomic E-state index is -0.380. The summed E-state index contributed by atoms with van der Waals surface area (Å²) in [6.07, 6.45) is 1.78. The Morgan fingerprint density at radius 3 is 3.11 bits per heavy atom. The van der Waals surface area contributed by atoms with Crippen LogP contribution in [0.15, 0.2) is 11.1 Å². The molecule has 0 aliphatic rings. The molecule has 0 spiro atoms. The van der Waals surface area contributed by atoms with Crippen LogP contribution in [0.25, 0.3) is 11.2 Å². The van der Waals surface area contributed by atoms with E-state index in [1.54, 1.807) is 4.57 Å². The van der Waals surface area contributed by atoms with Gasteiger partial charge < -0.3 is 15.6 Å². The number of rotatable bonds is 4. The first-order valence-electron chi connectivity index (χ1n) is 5.59. The SMILES string of the molecule is CCNC(=O)CCn1cnc2c(=O)[nH]c(N)nc21. The first-order chi connectivity index (χ1) is 8.61. The summed E-state index contributed by atoms with van der Waals surface area (Å²) in [5, 5.41) is 2.69. The van der Waals surface area contributed by atoms with Crippen LogP contribution in [0.5, 0.6) is 0 Å². The molecular weight excluding hydrogens is 236 g/mol. The van der Waals surface area contributed by atoms with Gasteiger partial charge in [-0.1, -0.05) is 0 Å². The van der Waals surface area contributed by atoms with Crippen LogP contribution >= 0.6 is 0 Å². The summed E-state index contributed by atoms with van der Waals surface area (Å²) in [7, 11) is 0. The van der Waals surface area contributed by atoms with Crippen molar-refractivity contribution in [3.05, 3.63) is 16.7 Å². The lowest BCUT2D eigenvalue weighted by molar-refractivity contribution is -0.121. The molecule has 2 aromatic rings. The van der Waals surface area contributed by atoms with Crippen LogP contribution in [0.1, 0.15) is 13.3 Å². The first kappa shape index (κ1) is 12.1. The largest absolute Gasteiger partial charge is 0.369 e. The molecule has 2 rings (SSSR count). The molecule has 0 saturated heterocycles. The van der Waals surface area contributed by atoms with Gasteiger partial charge in [0.05, 0.1) is 6.33 Å². The summed E-state index contributed by atoms with van der Waals surface area (Å²) in [6.45, 7) is 2.85. The second-order valence-corrected chi connectivity index (χ2v) is 3.76. The molecule has 0 aliphatic carbocycles. The second-order valence-electron chi connectivity index (χ2n) is 3.76. The van der Waals surface area contributed by atoms with E-state index in [1.807, 2.05) is 6.92 Å². The lowest BCUT2D eigenvalue weighted by atomic mass is 10.4. The van der Waals surface area contributed by atoms with Crippen LogP contribution in [0.2, 0.25) is 0 Å². The third kappa shape index (κ3) is 2.31. The summed E-state index contributed by atoms with van der Waals surface area (Å²) >= 11 is 0. The number of aromatic nitrogens is 4. The molecular formula is C10H14N6O2. The number of nitrogens with two attached hydrogens (primary N) is 1. The van der Waals surface area contributed by atoms with Crippen molar-refractivity contribution in [2.24, 2.45) is 0 Å². The Morgan fingerprint density at radius 1 is 1.61 bits per heavy atom. The molecule has 0 atom stereocenters. The van der Waals surface area contributed by atoms with Crippen molar-refractivity contribution in [3.63, 3.8) is 0 Å². The van der Waals surface area contributed by atoms with Crippen LogP contribution in [0.3, 0.4) is 0 Å². The molecule has 0 fully saturated rings. The maximum atomic E-state index is 11.5. The fourth-order valence-corrected chi connectivity index (χ4v) is 1.64. The number of nitrogen functional groups attached to an aromatic ring is 1. The van der Waals surface area contributed by atoms with Crippen molar-refractivity contribution in [1.82, 2.24) is 24.8 Å². The lowest BCUT2D eigenvalue weighted by Gasteiger charge is -2.04. The topological polar surface area (TPSA) is 119 Å². The van der Waals surface area contributed by atoms with Gasteiger partial charge in [-0.25, -0.2) is 4.98 Å². The Bertz CT molecular complexity index is 629. The van der Waals surface area contributed by atoms with Gasteiger partial charge >= 0.3 is 0 Å². The molecule has 18 heavy (non-hydrogen) atoms. The number of nitrogens with zero attached hydrogens (tertiary/aromatic N) is 3. The van der Waals surface area contributed by atoms with E-state index in [0.29, 0.717) is 25.2 Å². The van der Waals surface area contributed by atoms with Crippen molar-refractivity contribution in [3.8, 4) is 0 Å². The number of carbonyl (C=O) groups is 1. The molecule has 0 saturated carbocycles. The summed E-state index contributed by atoms with van der Waals surface area (Å²) in [5.41, 5.74) is 5.70.